The monoisotopic (exact) mass is 148 g/mol. The van der Waals surface area contributed by atoms with E-state index in [2.05, 4.69) is 0 Å². The molecule has 0 aromatic heterocycles. The lowest BCUT2D eigenvalue weighted by Gasteiger charge is -2.19. The van der Waals surface area contributed by atoms with Crippen LogP contribution in [0.4, 0.5) is 8.78 Å². The SMILES string of the molecule is CCC(C)(C)/C(F)=C(/C)F. The summed E-state index contributed by atoms with van der Waals surface area (Å²) in [5, 5.41) is 0. The van der Waals surface area contributed by atoms with Gasteiger partial charge in [0, 0.05) is 5.41 Å². The van der Waals surface area contributed by atoms with Crippen LogP contribution >= 0.6 is 0 Å². The van der Waals surface area contributed by atoms with Crippen molar-refractivity contribution in [3.8, 4) is 0 Å². The first-order valence-corrected chi connectivity index (χ1v) is 3.44. The van der Waals surface area contributed by atoms with Gasteiger partial charge in [0.25, 0.3) is 0 Å². The van der Waals surface area contributed by atoms with Gasteiger partial charge in [-0.3, -0.25) is 0 Å². The fourth-order valence-corrected chi connectivity index (χ4v) is 0.621. The van der Waals surface area contributed by atoms with Crippen LogP contribution < -0.4 is 0 Å². The Morgan fingerprint density at radius 2 is 1.70 bits per heavy atom. The number of hydrogen-bond donors (Lipinski definition) is 0. The van der Waals surface area contributed by atoms with Crippen molar-refractivity contribution in [1.29, 1.82) is 0 Å². The quantitative estimate of drug-likeness (QED) is 0.561. The van der Waals surface area contributed by atoms with Crippen LogP contribution in [0.2, 0.25) is 0 Å². The highest BCUT2D eigenvalue weighted by Gasteiger charge is 2.23. The highest BCUT2D eigenvalue weighted by molar-refractivity contribution is 5.06. The highest BCUT2D eigenvalue weighted by Crippen LogP contribution is 2.33. The molecule has 0 aliphatic rings. The highest BCUT2D eigenvalue weighted by atomic mass is 19.2. The Morgan fingerprint density at radius 3 is 1.80 bits per heavy atom. The third-order valence-corrected chi connectivity index (χ3v) is 1.78. The summed E-state index contributed by atoms with van der Waals surface area (Å²) in [6.45, 7) is 6.35. The first kappa shape index (κ1) is 9.60. The van der Waals surface area contributed by atoms with Crippen LogP contribution in [0.15, 0.2) is 11.7 Å². The Labute approximate surface area is 60.9 Å². The molecule has 0 N–H and O–H groups in total. The fourth-order valence-electron chi connectivity index (χ4n) is 0.621. The molecule has 0 aliphatic heterocycles. The summed E-state index contributed by atoms with van der Waals surface area (Å²) < 4.78 is 25.1. The van der Waals surface area contributed by atoms with E-state index in [1.165, 1.54) is 0 Å². The van der Waals surface area contributed by atoms with Gasteiger partial charge in [-0.2, -0.15) is 0 Å². The fraction of sp³-hybridized carbons (Fsp3) is 0.750. The standard InChI is InChI=1S/C8H14F2/c1-5-8(3,4)7(10)6(2)9/h5H2,1-4H3/b7-6+. The van der Waals surface area contributed by atoms with E-state index in [1.807, 2.05) is 6.92 Å². The Balaban J connectivity index is 4.49. The summed E-state index contributed by atoms with van der Waals surface area (Å²) >= 11 is 0. The third kappa shape index (κ3) is 2.09. The van der Waals surface area contributed by atoms with E-state index in [0.29, 0.717) is 6.42 Å². The van der Waals surface area contributed by atoms with Crippen molar-refractivity contribution in [1.82, 2.24) is 0 Å². The second-order valence-corrected chi connectivity index (χ2v) is 3.08. The van der Waals surface area contributed by atoms with Crippen molar-refractivity contribution in [2.24, 2.45) is 5.41 Å². The molecule has 0 aromatic rings. The molecule has 10 heavy (non-hydrogen) atoms. The lowest BCUT2D eigenvalue weighted by Crippen LogP contribution is -2.10. The van der Waals surface area contributed by atoms with Gasteiger partial charge in [0.2, 0.25) is 0 Å². The lowest BCUT2D eigenvalue weighted by atomic mass is 9.88. The summed E-state index contributed by atoms with van der Waals surface area (Å²) in [6, 6.07) is 0. The van der Waals surface area contributed by atoms with Crippen LogP contribution in [0.3, 0.4) is 0 Å². The van der Waals surface area contributed by atoms with E-state index in [4.69, 9.17) is 0 Å². The van der Waals surface area contributed by atoms with E-state index in [9.17, 15) is 8.78 Å². The first-order valence-electron chi connectivity index (χ1n) is 3.44. The maximum atomic E-state index is 12.8. The van der Waals surface area contributed by atoms with Crippen molar-refractivity contribution in [3.05, 3.63) is 11.7 Å². The van der Waals surface area contributed by atoms with Crippen LogP contribution in [0, 0.1) is 5.41 Å². The molecule has 0 aliphatic carbocycles. The molecule has 2 heteroatoms. The predicted molar refractivity (Wildman–Crippen MR) is 39.0 cm³/mol. The molecule has 0 aromatic carbocycles. The van der Waals surface area contributed by atoms with Gasteiger partial charge in [-0.05, 0) is 13.3 Å². The van der Waals surface area contributed by atoms with Crippen molar-refractivity contribution >= 4 is 0 Å². The summed E-state index contributed by atoms with van der Waals surface area (Å²) in [5.74, 6) is -1.33. The lowest BCUT2D eigenvalue weighted by molar-refractivity contribution is 0.316. The molecular weight excluding hydrogens is 134 g/mol. The van der Waals surface area contributed by atoms with Gasteiger partial charge in [0.15, 0.2) is 0 Å². The predicted octanol–water partition coefficient (Wildman–Crippen LogP) is 3.59. The Bertz CT molecular complexity index is 141. The molecule has 0 heterocycles. The topological polar surface area (TPSA) is 0 Å². The number of hydrogen-bond acceptors (Lipinski definition) is 0. The molecule has 0 rings (SSSR count). The van der Waals surface area contributed by atoms with E-state index in [0.717, 1.165) is 6.92 Å². The second kappa shape index (κ2) is 3.13. The molecular formula is C8H14F2. The van der Waals surface area contributed by atoms with Crippen LogP contribution in [-0.2, 0) is 0 Å². The Kier molecular flexibility index (Phi) is 3.00. The third-order valence-electron chi connectivity index (χ3n) is 1.78. The molecule has 0 fully saturated rings. The van der Waals surface area contributed by atoms with E-state index in [-0.39, 0.29) is 0 Å². The maximum Gasteiger partial charge on any atom is 0.137 e. The smallest absolute Gasteiger partial charge is 0.137 e. The van der Waals surface area contributed by atoms with Crippen LogP contribution in [0.25, 0.3) is 0 Å². The molecule has 0 unspecified atom stereocenters. The van der Waals surface area contributed by atoms with Gasteiger partial charge in [-0.1, -0.05) is 20.8 Å². The molecule has 0 radical (unpaired) electrons. The zero-order valence-electron chi connectivity index (χ0n) is 6.96. The zero-order chi connectivity index (χ0) is 8.36. The van der Waals surface area contributed by atoms with Crippen molar-refractivity contribution < 1.29 is 8.78 Å². The largest absolute Gasteiger partial charge is 0.209 e. The molecule has 0 bridgehead atoms. The Hall–Kier alpha value is -0.400. The molecule has 60 valence electrons. The first-order chi connectivity index (χ1) is 4.41. The van der Waals surface area contributed by atoms with Gasteiger partial charge < -0.3 is 0 Å². The average molecular weight is 148 g/mol. The van der Waals surface area contributed by atoms with Gasteiger partial charge in [-0.15, -0.1) is 0 Å². The molecule has 0 saturated heterocycles. The van der Waals surface area contributed by atoms with Crippen LogP contribution in [0.5, 0.6) is 0 Å². The second-order valence-electron chi connectivity index (χ2n) is 3.08. The number of rotatable bonds is 2. The zero-order valence-corrected chi connectivity index (χ0v) is 6.96. The van der Waals surface area contributed by atoms with Crippen molar-refractivity contribution in [2.75, 3.05) is 0 Å². The molecule has 0 spiro atoms. The van der Waals surface area contributed by atoms with Crippen LogP contribution in [0.1, 0.15) is 34.1 Å². The van der Waals surface area contributed by atoms with Crippen LogP contribution in [-0.4, -0.2) is 0 Å². The summed E-state index contributed by atoms with van der Waals surface area (Å²) in [4.78, 5) is 0. The minimum Gasteiger partial charge on any atom is -0.209 e. The van der Waals surface area contributed by atoms with Gasteiger partial charge >= 0.3 is 0 Å². The molecule has 0 amide bonds. The van der Waals surface area contributed by atoms with E-state index in [1.54, 1.807) is 13.8 Å². The number of allylic oxidation sites excluding steroid dienone is 2. The van der Waals surface area contributed by atoms with Gasteiger partial charge in [0.1, 0.15) is 11.7 Å². The normalized spacial score (nSPS) is 15.0. The molecule has 0 atom stereocenters. The minimum atomic E-state index is -0.702. The molecule has 0 saturated carbocycles. The van der Waals surface area contributed by atoms with Gasteiger partial charge in [-0.25, -0.2) is 8.78 Å². The van der Waals surface area contributed by atoms with E-state index >= 15 is 0 Å². The average Bonchev–Trinajstić information content (AvgIpc) is 1.86. The number of halogens is 2. The van der Waals surface area contributed by atoms with E-state index < -0.39 is 17.1 Å². The maximum absolute atomic E-state index is 12.8. The van der Waals surface area contributed by atoms with Crippen molar-refractivity contribution in [2.45, 2.75) is 34.1 Å². The molecule has 0 nitrogen and oxygen atoms in total. The summed E-state index contributed by atoms with van der Waals surface area (Å²) in [7, 11) is 0. The van der Waals surface area contributed by atoms with Gasteiger partial charge in [0.05, 0.1) is 0 Å². The summed E-state index contributed by atoms with van der Waals surface area (Å²) in [6.07, 6.45) is 0.611. The minimum absolute atomic E-state index is 0.611. The Morgan fingerprint density at radius 1 is 1.30 bits per heavy atom. The van der Waals surface area contributed by atoms with Crippen molar-refractivity contribution in [3.63, 3.8) is 0 Å². The summed E-state index contributed by atoms with van der Waals surface area (Å²) in [5.41, 5.74) is -0.640.